The van der Waals surface area contributed by atoms with Gasteiger partial charge in [-0.1, -0.05) is 0 Å². The molecular formula is C8H11F4NO. The minimum atomic E-state index is -2.15. The molecule has 14 heavy (non-hydrogen) atoms. The van der Waals surface area contributed by atoms with Gasteiger partial charge in [-0.3, -0.25) is 4.90 Å². The van der Waals surface area contributed by atoms with Gasteiger partial charge in [-0.2, -0.15) is 0 Å². The summed E-state index contributed by atoms with van der Waals surface area (Å²) in [6.07, 6.45) is -8.51. The maximum Gasteiger partial charge on any atom is 0.227 e. The molecule has 2 aliphatic rings. The summed E-state index contributed by atoms with van der Waals surface area (Å²) in [4.78, 5) is 1.00. The van der Waals surface area contributed by atoms with Crippen LogP contribution in [-0.2, 0) is 4.74 Å². The highest BCUT2D eigenvalue weighted by molar-refractivity contribution is 4.98. The fraction of sp³-hybridized carbons (Fsp3) is 1.00. The number of hydrogen-bond acceptors (Lipinski definition) is 2. The van der Waals surface area contributed by atoms with Gasteiger partial charge in [0.25, 0.3) is 0 Å². The van der Waals surface area contributed by atoms with Crippen molar-refractivity contribution in [3.8, 4) is 0 Å². The van der Waals surface area contributed by atoms with E-state index in [4.69, 9.17) is 0 Å². The van der Waals surface area contributed by atoms with Crippen molar-refractivity contribution < 1.29 is 22.3 Å². The summed E-state index contributed by atoms with van der Waals surface area (Å²) < 4.78 is 55.9. The van der Waals surface area contributed by atoms with Gasteiger partial charge < -0.3 is 4.74 Å². The molecule has 2 rings (SSSR count). The fourth-order valence-corrected chi connectivity index (χ4v) is 1.84. The molecule has 82 valence electrons. The predicted molar refractivity (Wildman–Crippen MR) is 40.6 cm³/mol. The Bertz CT molecular complexity index is 229. The van der Waals surface area contributed by atoms with Crippen LogP contribution < -0.4 is 0 Å². The van der Waals surface area contributed by atoms with Gasteiger partial charge in [-0.15, -0.1) is 0 Å². The molecule has 2 nitrogen and oxygen atoms in total. The zero-order chi connectivity index (χ0) is 10.5. The molecular weight excluding hydrogens is 202 g/mol. The Labute approximate surface area is 78.8 Å². The number of hydrogen-bond donors (Lipinski definition) is 0. The number of likely N-dealkylation sites (tertiary alicyclic amines) is 1. The number of rotatable bonds is 1. The molecule has 0 radical (unpaired) electrons. The van der Waals surface area contributed by atoms with E-state index in [0.717, 1.165) is 4.90 Å². The highest BCUT2D eigenvalue weighted by Gasteiger charge is 2.54. The molecule has 0 aromatic heterocycles. The summed E-state index contributed by atoms with van der Waals surface area (Å²) >= 11 is 0. The second kappa shape index (κ2) is 3.34. The monoisotopic (exact) mass is 213 g/mol. The Balaban J connectivity index is 2.04. The Morgan fingerprint density at radius 3 is 2.29 bits per heavy atom. The molecule has 2 aliphatic heterocycles. The van der Waals surface area contributed by atoms with Crippen LogP contribution in [0.2, 0.25) is 0 Å². The maximum atomic E-state index is 13.1. The largest absolute Gasteiger partial charge is 0.335 e. The van der Waals surface area contributed by atoms with Gasteiger partial charge in [0, 0.05) is 6.04 Å². The van der Waals surface area contributed by atoms with E-state index < -0.39 is 37.1 Å². The number of nitrogens with zero attached hydrogens (tertiary/aromatic N) is 1. The van der Waals surface area contributed by atoms with Crippen LogP contribution in [0.4, 0.5) is 17.6 Å². The third kappa shape index (κ3) is 1.50. The van der Waals surface area contributed by atoms with Crippen molar-refractivity contribution in [3.63, 3.8) is 0 Å². The lowest BCUT2D eigenvalue weighted by Crippen LogP contribution is -2.54. The summed E-state index contributed by atoms with van der Waals surface area (Å²) in [5.41, 5.74) is 0. The van der Waals surface area contributed by atoms with E-state index in [-0.39, 0.29) is 6.42 Å². The molecule has 0 aliphatic carbocycles. The number of piperidine rings is 1. The third-order valence-electron chi connectivity index (χ3n) is 2.84. The lowest BCUT2D eigenvalue weighted by molar-refractivity contribution is -0.0811. The summed E-state index contributed by atoms with van der Waals surface area (Å²) in [6, 6.07) is -0.706. The van der Waals surface area contributed by atoms with E-state index in [1.165, 1.54) is 7.05 Å². The first kappa shape index (κ1) is 10.2. The van der Waals surface area contributed by atoms with Crippen molar-refractivity contribution in [2.75, 3.05) is 7.05 Å². The van der Waals surface area contributed by atoms with Crippen molar-refractivity contribution in [2.45, 2.75) is 43.6 Å². The van der Waals surface area contributed by atoms with E-state index in [1.54, 1.807) is 0 Å². The molecule has 6 atom stereocenters. The first-order chi connectivity index (χ1) is 6.52. The van der Waals surface area contributed by atoms with Crippen molar-refractivity contribution >= 4 is 0 Å². The smallest absolute Gasteiger partial charge is 0.227 e. The summed E-state index contributed by atoms with van der Waals surface area (Å²) in [5.74, 6) is 0. The summed E-state index contributed by atoms with van der Waals surface area (Å²) in [7, 11) is 1.31. The van der Waals surface area contributed by atoms with Crippen LogP contribution in [0.15, 0.2) is 0 Å². The lowest BCUT2D eigenvalue weighted by atomic mass is 9.96. The molecule has 0 aromatic rings. The average Bonchev–Trinajstić information content (AvgIpc) is 2.85. The van der Waals surface area contributed by atoms with Gasteiger partial charge in [-0.25, -0.2) is 17.6 Å². The molecule has 0 N–H and O–H groups in total. The van der Waals surface area contributed by atoms with Crippen LogP contribution in [0.5, 0.6) is 0 Å². The highest BCUT2D eigenvalue weighted by atomic mass is 19.2. The highest BCUT2D eigenvalue weighted by Crippen LogP contribution is 2.37. The van der Waals surface area contributed by atoms with Crippen molar-refractivity contribution in [1.29, 1.82) is 0 Å². The number of alkyl halides is 4. The molecule has 6 heteroatoms. The first-order valence-electron chi connectivity index (χ1n) is 4.46. The summed E-state index contributed by atoms with van der Waals surface area (Å²) in [5, 5.41) is 0. The number of halogens is 4. The van der Waals surface area contributed by atoms with E-state index in [0.29, 0.717) is 0 Å². The topological polar surface area (TPSA) is 15.8 Å². The van der Waals surface area contributed by atoms with E-state index >= 15 is 0 Å². The quantitative estimate of drug-likeness (QED) is 0.371. The Hall–Kier alpha value is -0.360. The number of likely N-dealkylation sites (N-methyl/N-ethyl adjacent to an activating group) is 1. The van der Waals surface area contributed by atoms with Gasteiger partial charge in [-0.05, 0) is 13.5 Å². The summed E-state index contributed by atoms with van der Waals surface area (Å²) in [6.45, 7) is 0. The van der Waals surface area contributed by atoms with E-state index in [2.05, 4.69) is 4.74 Å². The molecule has 2 fully saturated rings. The molecule has 0 spiro atoms. The van der Waals surface area contributed by atoms with Gasteiger partial charge in [0.1, 0.15) is 12.3 Å². The lowest BCUT2D eigenvalue weighted by Gasteiger charge is -2.38. The zero-order valence-corrected chi connectivity index (χ0v) is 7.54. The Morgan fingerprint density at radius 1 is 1.21 bits per heavy atom. The average molecular weight is 213 g/mol. The Morgan fingerprint density at radius 2 is 1.79 bits per heavy atom. The molecule has 0 saturated carbocycles. The molecule has 6 unspecified atom stereocenters. The van der Waals surface area contributed by atoms with Crippen molar-refractivity contribution in [3.05, 3.63) is 0 Å². The van der Waals surface area contributed by atoms with Crippen LogP contribution in [0.1, 0.15) is 6.42 Å². The standard InChI is InChI=1S/C8H11F4NO/c1-13-4(6-8(12)14-6)2-3(9)5(10)7(13)11/h3-8H,2H2,1H3. The molecule has 0 aromatic carbocycles. The van der Waals surface area contributed by atoms with Crippen molar-refractivity contribution in [2.24, 2.45) is 0 Å². The van der Waals surface area contributed by atoms with Crippen LogP contribution in [-0.4, -0.2) is 49.1 Å². The number of ether oxygens (including phenoxy) is 1. The molecule has 0 bridgehead atoms. The molecule has 2 heterocycles. The van der Waals surface area contributed by atoms with Crippen molar-refractivity contribution in [1.82, 2.24) is 4.90 Å². The second-order valence-corrected chi connectivity index (χ2v) is 3.75. The third-order valence-corrected chi connectivity index (χ3v) is 2.84. The Kier molecular flexibility index (Phi) is 2.43. The van der Waals surface area contributed by atoms with E-state index in [1.807, 2.05) is 0 Å². The van der Waals surface area contributed by atoms with Gasteiger partial charge in [0.2, 0.25) is 6.36 Å². The second-order valence-electron chi connectivity index (χ2n) is 3.75. The van der Waals surface area contributed by atoms with Crippen LogP contribution in [0, 0.1) is 0 Å². The van der Waals surface area contributed by atoms with Gasteiger partial charge in [0.15, 0.2) is 12.5 Å². The maximum absolute atomic E-state index is 13.1. The molecule has 2 saturated heterocycles. The van der Waals surface area contributed by atoms with E-state index in [9.17, 15) is 17.6 Å². The van der Waals surface area contributed by atoms with Gasteiger partial charge >= 0.3 is 0 Å². The zero-order valence-electron chi connectivity index (χ0n) is 7.54. The fourth-order valence-electron chi connectivity index (χ4n) is 1.84. The minimum Gasteiger partial charge on any atom is -0.335 e. The predicted octanol–water partition coefficient (Wildman–Crippen LogP) is 1.36. The number of epoxide rings is 1. The van der Waals surface area contributed by atoms with Gasteiger partial charge in [0.05, 0.1) is 0 Å². The minimum absolute atomic E-state index is 0.219. The normalized spacial score (nSPS) is 54.6. The SMILES string of the molecule is CN1C(F)C(F)C(F)CC1C1OC1F. The molecule has 0 amide bonds. The first-order valence-corrected chi connectivity index (χ1v) is 4.46. The van der Waals surface area contributed by atoms with Crippen LogP contribution >= 0.6 is 0 Å². The van der Waals surface area contributed by atoms with Crippen LogP contribution in [0.3, 0.4) is 0 Å². The van der Waals surface area contributed by atoms with Crippen LogP contribution in [0.25, 0.3) is 0 Å².